The van der Waals surface area contributed by atoms with Gasteiger partial charge in [0.25, 0.3) is 5.91 Å². The molecule has 0 bridgehead atoms. The average molecular weight is 401 g/mol. The molecule has 0 fully saturated rings. The number of nitrogens with one attached hydrogen (secondary N) is 2. The second-order valence-corrected chi connectivity index (χ2v) is 7.63. The van der Waals surface area contributed by atoms with Crippen LogP contribution in [0, 0.1) is 0 Å². The van der Waals surface area contributed by atoms with Crippen LogP contribution in [0.5, 0.6) is 11.5 Å². The van der Waals surface area contributed by atoms with Crippen molar-refractivity contribution in [3.05, 3.63) is 58.3 Å². The van der Waals surface area contributed by atoms with Crippen molar-refractivity contribution in [2.75, 3.05) is 19.8 Å². The Labute approximate surface area is 168 Å². The summed E-state index contributed by atoms with van der Waals surface area (Å²) < 4.78 is 11.1. The smallest absolute Gasteiger partial charge is 0.265 e. The van der Waals surface area contributed by atoms with Gasteiger partial charge >= 0.3 is 0 Å². The number of amides is 2. The fourth-order valence-electron chi connectivity index (χ4n) is 2.89. The minimum atomic E-state index is -0.372. The van der Waals surface area contributed by atoms with Crippen molar-refractivity contribution in [2.24, 2.45) is 0 Å². The maximum atomic E-state index is 12.6. The van der Waals surface area contributed by atoms with Gasteiger partial charge in [-0.3, -0.25) is 9.59 Å². The van der Waals surface area contributed by atoms with Gasteiger partial charge in [-0.1, -0.05) is 44.7 Å². The Bertz CT molecular complexity index is 858. The standard InChI is InChI=1S/C21H24N2O4S/c1-4-18(24)23-16(15-7-5-14(6-8-15)13(2)3)11-22-21(25)20-19-17(12-28-20)26-9-10-27-19/h4-8,12-13,16H,1,9-11H2,2-3H3,(H,22,25)(H,23,24). The van der Waals surface area contributed by atoms with Crippen LogP contribution in [0.3, 0.4) is 0 Å². The van der Waals surface area contributed by atoms with Gasteiger partial charge in [-0.05, 0) is 23.1 Å². The second kappa shape index (κ2) is 8.93. The Kier molecular flexibility index (Phi) is 6.36. The number of fused-ring (bicyclic) bond motifs is 1. The highest BCUT2D eigenvalue weighted by atomic mass is 32.1. The molecule has 1 unspecified atom stereocenters. The molecule has 0 radical (unpaired) electrons. The summed E-state index contributed by atoms with van der Waals surface area (Å²) in [5, 5.41) is 7.53. The van der Waals surface area contributed by atoms with Crippen LogP contribution in [-0.2, 0) is 4.79 Å². The van der Waals surface area contributed by atoms with E-state index in [0.29, 0.717) is 35.5 Å². The summed E-state index contributed by atoms with van der Waals surface area (Å²) in [7, 11) is 0. The van der Waals surface area contributed by atoms with Crippen LogP contribution in [0.2, 0.25) is 0 Å². The van der Waals surface area contributed by atoms with Crippen LogP contribution in [0.4, 0.5) is 0 Å². The Balaban J connectivity index is 1.72. The van der Waals surface area contributed by atoms with Gasteiger partial charge < -0.3 is 20.1 Å². The molecule has 2 amide bonds. The number of rotatable bonds is 7. The van der Waals surface area contributed by atoms with Crippen LogP contribution in [0.25, 0.3) is 0 Å². The molecule has 0 aliphatic carbocycles. The predicted molar refractivity (Wildman–Crippen MR) is 109 cm³/mol. The highest BCUT2D eigenvalue weighted by Gasteiger charge is 2.24. The predicted octanol–water partition coefficient (Wildman–Crippen LogP) is 3.42. The lowest BCUT2D eigenvalue weighted by atomic mass is 9.99. The number of hydrogen-bond acceptors (Lipinski definition) is 5. The van der Waals surface area contributed by atoms with E-state index < -0.39 is 0 Å². The summed E-state index contributed by atoms with van der Waals surface area (Å²) in [6.45, 7) is 8.89. The average Bonchev–Trinajstić information content (AvgIpc) is 3.15. The molecule has 1 aromatic heterocycles. The van der Waals surface area contributed by atoms with Crippen molar-refractivity contribution in [3.8, 4) is 11.5 Å². The summed E-state index contributed by atoms with van der Waals surface area (Å²) in [5.74, 6) is 0.955. The minimum Gasteiger partial charge on any atom is -0.485 e. The molecule has 2 aromatic rings. The lowest BCUT2D eigenvalue weighted by molar-refractivity contribution is -0.117. The van der Waals surface area contributed by atoms with Crippen molar-refractivity contribution in [1.29, 1.82) is 0 Å². The topological polar surface area (TPSA) is 76.7 Å². The summed E-state index contributed by atoms with van der Waals surface area (Å²) >= 11 is 1.28. The molecular formula is C21H24N2O4S. The number of thiophene rings is 1. The van der Waals surface area contributed by atoms with Crippen molar-refractivity contribution < 1.29 is 19.1 Å². The van der Waals surface area contributed by atoms with E-state index in [4.69, 9.17) is 9.47 Å². The molecule has 2 N–H and O–H groups in total. The third kappa shape index (κ3) is 4.54. The van der Waals surface area contributed by atoms with Crippen LogP contribution >= 0.6 is 11.3 Å². The first kappa shape index (κ1) is 19.9. The lowest BCUT2D eigenvalue weighted by Crippen LogP contribution is -2.37. The molecule has 1 aliphatic rings. The molecule has 148 valence electrons. The molecule has 0 spiro atoms. The summed E-state index contributed by atoms with van der Waals surface area (Å²) in [6.07, 6.45) is 1.22. The van der Waals surface area contributed by atoms with E-state index in [-0.39, 0.29) is 24.4 Å². The van der Waals surface area contributed by atoms with Crippen LogP contribution in [-0.4, -0.2) is 31.6 Å². The van der Waals surface area contributed by atoms with Gasteiger partial charge in [-0.25, -0.2) is 0 Å². The van der Waals surface area contributed by atoms with Crippen molar-refractivity contribution in [3.63, 3.8) is 0 Å². The van der Waals surface area contributed by atoms with E-state index in [2.05, 4.69) is 31.1 Å². The molecule has 1 aromatic carbocycles. The first-order chi connectivity index (χ1) is 13.5. The van der Waals surface area contributed by atoms with E-state index in [1.165, 1.54) is 23.0 Å². The van der Waals surface area contributed by atoms with E-state index in [9.17, 15) is 9.59 Å². The zero-order valence-electron chi connectivity index (χ0n) is 16.0. The van der Waals surface area contributed by atoms with Gasteiger partial charge in [0.1, 0.15) is 18.1 Å². The molecule has 1 atom stereocenters. The monoisotopic (exact) mass is 400 g/mol. The van der Waals surface area contributed by atoms with Crippen molar-refractivity contribution >= 4 is 23.2 Å². The molecular weight excluding hydrogens is 376 g/mol. The van der Waals surface area contributed by atoms with Crippen molar-refractivity contribution in [2.45, 2.75) is 25.8 Å². The molecule has 0 saturated heterocycles. The first-order valence-electron chi connectivity index (χ1n) is 9.17. The van der Waals surface area contributed by atoms with Gasteiger partial charge in [0.2, 0.25) is 5.91 Å². The fraction of sp³-hybridized carbons (Fsp3) is 0.333. The highest BCUT2D eigenvalue weighted by Crippen LogP contribution is 2.39. The molecule has 28 heavy (non-hydrogen) atoms. The zero-order valence-corrected chi connectivity index (χ0v) is 16.8. The summed E-state index contributed by atoms with van der Waals surface area (Å²) in [6, 6.07) is 7.65. The van der Waals surface area contributed by atoms with Gasteiger partial charge in [0, 0.05) is 11.9 Å². The van der Waals surface area contributed by atoms with Crippen LogP contribution < -0.4 is 20.1 Å². The van der Waals surface area contributed by atoms with Crippen molar-refractivity contribution in [1.82, 2.24) is 10.6 Å². The summed E-state index contributed by atoms with van der Waals surface area (Å²) in [4.78, 5) is 25.0. The SMILES string of the molecule is C=CC(=O)NC(CNC(=O)c1scc2c1OCCO2)c1ccc(C(C)C)cc1. The maximum absolute atomic E-state index is 12.6. The largest absolute Gasteiger partial charge is 0.485 e. The van der Waals surface area contributed by atoms with Gasteiger partial charge in [-0.2, -0.15) is 0 Å². The Hall–Kier alpha value is -2.80. The lowest BCUT2D eigenvalue weighted by Gasteiger charge is -2.20. The second-order valence-electron chi connectivity index (χ2n) is 6.75. The highest BCUT2D eigenvalue weighted by molar-refractivity contribution is 7.12. The maximum Gasteiger partial charge on any atom is 0.265 e. The molecule has 3 rings (SSSR count). The van der Waals surface area contributed by atoms with E-state index in [1.807, 2.05) is 24.3 Å². The van der Waals surface area contributed by atoms with E-state index in [1.54, 1.807) is 5.38 Å². The Morgan fingerprint density at radius 3 is 2.54 bits per heavy atom. The Morgan fingerprint density at radius 2 is 1.86 bits per heavy atom. The van der Waals surface area contributed by atoms with E-state index >= 15 is 0 Å². The van der Waals surface area contributed by atoms with Gasteiger partial charge in [-0.15, -0.1) is 11.3 Å². The number of benzene rings is 1. The molecule has 0 saturated carbocycles. The van der Waals surface area contributed by atoms with Crippen LogP contribution in [0.1, 0.15) is 46.6 Å². The Morgan fingerprint density at radius 1 is 1.18 bits per heavy atom. The molecule has 2 heterocycles. The van der Waals surface area contributed by atoms with Gasteiger partial charge in [0.15, 0.2) is 11.5 Å². The quantitative estimate of drug-likeness (QED) is 0.699. The zero-order chi connectivity index (χ0) is 20.1. The minimum absolute atomic E-state index is 0.243. The molecule has 1 aliphatic heterocycles. The number of carbonyl (C=O) groups is 2. The number of hydrogen-bond donors (Lipinski definition) is 2. The molecule has 7 heteroatoms. The summed E-state index contributed by atoms with van der Waals surface area (Å²) in [5.41, 5.74) is 2.12. The van der Waals surface area contributed by atoms with Crippen LogP contribution in [0.15, 0.2) is 42.3 Å². The normalized spacial score (nSPS) is 13.7. The third-order valence-corrected chi connectivity index (χ3v) is 5.42. The first-order valence-corrected chi connectivity index (χ1v) is 10.1. The van der Waals surface area contributed by atoms with E-state index in [0.717, 1.165) is 5.56 Å². The fourth-order valence-corrected chi connectivity index (χ4v) is 3.74. The van der Waals surface area contributed by atoms with Gasteiger partial charge in [0.05, 0.1) is 6.04 Å². The third-order valence-electron chi connectivity index (χ3n) is 4.48. The molecule has 6 nitrogen and oxygen atoms in total. The number of carbonyl (C=O) groups excluding carboxylic acids is 2. The number of ether oxygens (including phenoxy) is 2.